The lowest BCUT2D eigenvalue weighted by Gasteiger charge is -2.29. The minimum absolute atomic E-state index is 0.190. The standard InChI is InChI=1S/C20H16N4O3S/c1-10-7-8-11(2)13(9-10)24-19(26)16(23-21)15(17(25)20(24)27)18-22-12-5-3-4-6-14(12)28-18/h3-9,15H,21H2,1-2H3/b23-16+. The number of hydrogen-bond acceptors (Lipinski definition) is 7. The number of amides is 2. The van der Waals surface area contributed by atoms with Crippen LogP contribution in [0.1, 0.15) is 22.1 Å². The van der Waals surface area contributed by atoms with E-state index in [1.54, 1.807) is 25.1 Å². The van der Waals surface area contributed by atoms with Gasteiger partial charge in [0.2, 0.25) is 5.78 Å². The molecule has 2 amide bonds. The van der Waals surface area contributed by atoms with Crippen LogP contribution in [0.2, 0.25) is 0 Å². The number of carbonyl (C=O) groups excluding carboxylic acids is 3. The van der Waals surface area contributed by atoms with Crippen molar-refractivity contribution in [3.63, 3.8) is 0 Å². The summed E-state index contributed by atoms with van der Waals surface area (Å²) in [5, 5.41) is 3.92. The molecule has 7 nitrogen and oxygen atoms in total. The van der Waals surface area contributed by atoms with Crippen molar-refractivity contribution in [2.75, 3.05) is 4.90 Å². The first-order valence-electron chi connectivity index (χ1n) is 8.55. The molecule has 0 spiro atoms. The summed E-state index contributed by atoms with van der Waals surface area (Å²) in [6, 6.07) is 12.7. The Balaban J connectivity index is 1.83. The van der Waals surface area contributed by atoms with Gasteiger partial charge < -0.3 is 5.84 Å². The van der Waals surface area contributed by atoms with Gasteiger partial charge in [-0.05, 0) is 43.2 Å². The zero-order valence-corrected chi connectivity index (χ0v) is 16.0. The quantitative estimate of drug-likeness (QED) is 0.312. The fourth-order valence-electron chi connectivity index (χ4n) is 3.24. The minimum atomic E-state index is -1.19. The molecule has 0 aliphatic carbocycles. The topological polar surface area (TPSA) is 106 Å². The number of imide groups is 1. The molecule has 1 aliphatic rings. The molecule has 4 rings (SSSR count). The number of nitrogens with two attached hydrogens (primary N) is 1. The molecule has 1 aromatic heterocycles. The van der Waals surface area contributed by atoms with Gasteiger partial charge in [-0.25, -0.2) is 9.88 Å². The Morgan fingerprint density at radius 1 is 1.07 bits per heavy atom. The molecular formula is C20H16N4O3S. The van der Waals surface area contributed by atoms with Crippen LogP contribution in [-0.2, 0) is 14.4 Å². The van der Waals surface area contributed by atoms with E-state index in [4.69, 9.17) is 5.84 Å². The molecule has 140 valence electrons. The molecule has 2 aromatic carbocycles. The number of fused-ring (bicyclic) bond motifs is 1. The van der Waals surface area contributed by atoms with E-state index in [9.17, 15) is 14.4 Å². The Labute approximate surface area is 164 Å². The average molecular weight is 392 g/mol. The maximum absolute atomic E-state index is 13.1. The third kappa shape index (κ3) is 2.69. The second-order valence-corrected chi connectivity index (χ2v) is 7.63. The number of anilines is 1. The van der Waals surface area contributed by atoms with Crippen molar-refractivity contribution in [3.05, 3.63) is 58.6 Å². The fourth-order valence-corrected chi connectivity index (χ4v) is 4.31. The van der Waals surface area contributed by atoms with Gasteiger partial charge in [-0.1, -0.05) is 24.3 Å². The number of hydrazone groups is 1. The fraction of sp³-hybridized carbons (Fsp3) is 0.150. The number of benzene rings is 2. The number of aromatic nitrogens is 1. The Morgan fingerprint density at radius 2 is 1.82 bits per heavy atom. The lowest BCUT2D eigenvalue weighted by Crippen LogP contribution is -2.55. The number of hydrogen-bond donors (Lipinski definition) is 1. The molecule has 1 fully saturated rings. The molecule has 0 radical (unpaired) electrons. The zero-order chi connectivity index (χ0) is 20.0. The summed E-state index contributed by atoms with van der Waals surface area (Å²) in [7, 11) is 0. The molecule has 0 bridgehead atoms. The van der Waals surface area contributed by atoms with E-state index in [-0.39, 0.29) is 5.71 Å². The summed E-state index contributed by atoms with van der Waals surface area (Å²) in [5.41, 5.74) is 2.39. The van der Waals surface area contributed by atoms with E-state index in [0.717, 1.165) is 15.2 Å². The number of rotatable bonds is 2. The van der Waals surface area contributed by atoms with Crippen LogP contribution in [0.4, 0.5) is 5.69 Å². The summed E-state index contributed by atoms with van der Waals surface area (Å²) in [6.07, 6.45) is 0. The second-order valence-electron chi connectivity index (χ2n) is 6.57. The number of nitrogens with zero attached hydrogens (tertiary/aromatic N) is 3. The summed E-state index contributed by atoms with van der Waals surface area (Å²) in [6.45, 7) is 3.60. The largest absolute Gasteiger partial charge is 0.323 e. The van der Waals surface area contributed by atoms with E-state index >= 15 is 0 Å². The summed E-state index contributed by atoms with van der Waals surface area (Å²) in [4.78, 5) is 44.3. The molecule has 1 atom stereocenters. The predicted molar refractivity (Wildman–Crippen MR) is 107 cm³/mol. The number of aryl methyl sites for hydroxylation is 2. The third-order valence-electron chi connectivity index (χ3n) is 4.67. The van der Waals surface area contributed by atoms with E-state index in [2.05, 4.69) is 10.1 Å². The van der Waals surface area contributed by atoms with Crippen LogP contribution >= 0.6 is 11.3 Å². The lowest BCUT2D eigenvalue weighted by atomic mass is 9.91. The SMILES string of the molecule is Cc1ccc(C)c(N2C(=O)C(=O)C(c3nc4ccccc4s3)/C(=N\N)C2=O)c1. The van der Waals surface area contributed by atoms with Crippen molar-refractivity contribution in [2.45, 2.75) is 19.8 Å². The van der Waals surface area contributed by atoms with Gasteiger partial charge in [-0.15, -0.1) is 11.3 Å². The van der Waals surface area contributed by atoms with Gasteiger partial charge in [0.15, 0.2) is 0 Å². The Morgan fingerprint density at radius 3 is 2.54 bits per heavy atom. The Kier molecular flexibility index (Phi) is 4.27. The summed E-state index contributed by atoms with van der Waals surface area (Å²) >= 11 is 1.24. The maximum atomic E-state index is 13.1. The van der Waals surface area contributed by atoms with Gasteiger partial charge in [0.05, 0.1) is 15.9 Å². The minimum Gasteiger partial charge on any atom is -0.323 e. The number of carbonyl (C=O) groups is 3. The van der Waals surface area contributed by atoms with Gasteiger partial charge in [0.25, 0.3) is 5.91 Å². The van der Waals surface area contributed by atoms with Crippen molar-refractivity contribution in [3.8, 4) is 0 Å². The molecule has 2 heterocycles. The van der Waals surface area contributed by atoms with Crippen LogP contribution in [0.15, 0.2) is 47.6 Å². The molecular weight excluding hydrogens is 376 g/mol. The normalized spacial score (nSPS) is 19.1. The van der Waals surface area contributed by atoms with E-state index in [0.29, 0.717) is 21.8 Å². The first-order chi connectivity index (χ1) is 13.4. The van der Waals surface area contributed by atoms with Crippen molar-refractivity contribution in [2.24, 2.45) is 10.9 Å². The van der Waals surface area contributed by atoms with Crippen LogP contribution in [-0.4, -0.2) is 28.3 Å². The van der Waals surface area contributed by atoms with Crippen LogP contribution < -0.4 is 10.7 Å². The smallest absolute Gasteiger partial charge is 0.302 e. The van der Waals surface area contributed by atoms with Crippen molar-refractivity contribution in [1.82, 2.24) is 4.98 Å². The van der Waals surface area contributed by atoms with Crippen LogP contribution in [0.25, 0.3) is 10.2 Å². The monoisotopic (exact) mass is 392 g/mol. The number of Topliss-reactive ketones (excluding diaryl/α,β-unsaturated/α-hetero) is 1. The average Bonchev–Trinajstić information content (AvgIpc) is 3.10. The van der Waals surface area contributed by atoms with Crippen LogP contribution in [0.5, 0.6) is 0 Å². The molecule has 1 unspecified atom stereocenters. The first-order valence-corrected chi connectivity index (χ1v) is 9.37. The van der Waals surface area contributed by atoms with Gasteiger partial charge in [-0.2, -0.15) is 5.10 Å². The molecule has 2 N–H and O–H groups in total. The molecule has 28 heavy (non-hydrogen) atoms. The highest BCUT2D eigenvalue weighted by Gasteiger charge is 2.48. The summed E-state index contributed by atoms with van der Waals surface area (Å²) in [5.74, 6) is 1.91. The lowest BCUT2D eigenvalue weighted by molar-refractivity contribution is -0.139. The number of thiazole rings is 1. The van der Waals surface area contributed by atoms with Gasteiger partial charge in [-0.3, -0.25) is 14.4 Å². The van der Waals surface area contributed by atoms with Gasteiger partial charge in [0, 0.05) is 0 Å². The van der Waals surface area contributed by atoms with Gasteiger partial charge >= 0.3 is 5.91 Å². The Bertz CT molecular complexity index is 1150. The van der Waals surface area contributed by atoms with Crippen molar-refractivity contribution < 1.29 is 14.4 Å². The predicted octanol–water partition coefficient (Wildman–Crippen LogP) is 2.45. The van der Waals surface area contributed by atoms with Crippen molar-refractivity contribution >= 4 is 50.6 Å². The van der Waals surface area contributed by atoms with Crippen LogP contribution in [0, 0.1) is 13.8 Å². The van der Waals surface area contributed by atoms with E-state index in [1.165, 1.54) is 11.3 Å². The molecule has 1 aliphatic heterocycles. The molecule has 3 aromatic rings. The van der Waals surface area contributed by atoms with E-state index < -0.39 is 23.5 Å². The third-order valence-corrected chi connectivity index (χ3v) is 5.77. The van der Waals surface area contributed by atoms with Gasteiger partial charge in [0.1, 0.15) is 16.6 Å². The zero-order valence-electron chi connectivity index (χ0n) is 15.2. The highest BCUT2D eigenvalue weighted by Crippen LogP contribution is 2.34. The highest BCUT2D eigenvalue weighted by molar-refractivity contribution is 7.19. The second kappa shape index (κ2) is 6.65. The molecule has 0 saturated carbocycles. The number of para-hydroxylation sites is 1. The first kappa shape index (κ1) is 18.0. The summed E-state index contributed by atoms with van der Waals surface area (Å²) < 4.78 is 0.846. The van der Waals surface area contributed by atoms with E-state index in [1.807, 2.05) is 31.2 Å². The maximum Gasteiger partial charge on any atom is 0.302 e. The van der Waals surface area contributed by atoms with Crippen LogP contribution in [0.3, 0.4) is 0 Å². The Hall–Kier alpha value is -3.39. The number of piperidine rings is 1. The molecule has 8 heteroatoms. The van der Waals surface area contributed by atoms with Crippen molar-refractivity contribution in [1.29, 1.82) is 0 Å². The highest BCUT2D eigenvalue weighted by atomic mass is 32.1. The number of ketones is 1. The molecule has 1 saturated heterocycles.